The lowest BCUT2D eigenvalue weighted by Gasteiger charge is -2.16. The van der Waals surface area contributed by atoms with Crippen LogP contribution < -0.4 is 0 Å². The van der Waals surface area contributed by atoms with E-state index in [2.05, 4.69) is 11.8 Å². The lowest BCUT2D eigenvalue weighted by atomic mass is 10.2. The number of carboxylic acid groups (broad SMARTS) is 1. The molecule has 5 nitrogen and oxygen atoms in total. The molecule has 8 heteroatoms. The van der Waals surface area contributed by atoms with Gasteiger partial charge in [0.1, 0.15) is 11.2 Å². The molecule has 0 aliphatic carbocycles. The Morgan fingerprint density at radius 3 is 2.86 bits per heavy atom. The molecule has 1 aromatic rings. The molecule has 0 aromatic carbocycles. The highest BCUT2D eigenvalue weighted by Gasteiger charge is 2.53. The van der Waals surface area contributed by atoms with E-state index in [1.807, 2.05) is 0 Å². The molecule has 2 rings (SSSR count). The minimum atomic E-state index is -3.54. The zero-order valence-electron chi connectivity index (χ0n) is 11.4. The summed E-state index contributed by atoms with van der Waals surface area (Å²) in [5, 5.41) is 8.92. The first-order valence-corrected chi connectivity index (χ1v) is 7.04. The quantitative estimate of drug-likeness (QED) is 0.675. The van der Waals surface area contributed by atoms with Gasteiger partial charge in [-0.25, -0.2) is 4.79 Å². The number of nitrogens with zero attached hydrogens (tertiary/aromatic N) is 1. The Hall–Kier alpha value is -2.27. The molecule has 1 aliphatic heterocycles. The summed E-state index contributed by atoms with van der Waals surface area (Å²) in [5.41, 5.74) is 0.552. The van der Waals surface area contributed by atoms with Gasteiger partial charge in [0, 0.05) is 6.42 Å². The van der Waals surface area contributed by atoms with Gasteiger partial charge in [-0.1, -0.05) is 11.8 Å². The van der Waals surface area contributed by atoms with Crippen molar-refractivity contribution in [3.05, 3.63) is 21.4 Å². The number of halogens is 2. The van der Waals surface area contributed by atoms with Crippen LogP contribution in [0.5, 0.6) is 0 Å². The first-order chi connectivity index (χ1) is 10.3. The van der Waals surface area contributed by atoms with Crippen molar-refractivity contribution in [1.82, 2.24) is 4.90 Å². The van der Waals surface area contributed by atoms with Crippen LogP contribution in [-0.4, -0.2) is 46.7 Å². The van der Waals surface area contributed by atoms with Crippen LogP contribution in [0.3, 0.4) is 0 Å². The molecule has 1 amide bonds. The molecule has 116 valence electrons. The van der Waals surface area contributed by atoms with Crippen molar-refractivity contribution in [3.63, 3.8) is 0 Å². The number of aldehydes is 1. The van der Waals surface area contributed by atoms with E-state index in [4.69, 9.17) is 5.11 Å². The van der Waals surface area contributed by atoms with E-state index in [1.165, 1.54) is 0 Å². The van der Waals surface area contributed by atoms with Gasteiger partial charge in [0.05, 0.1) is 17.5 Å². The van der Waals surface area contributed by atoms with Crippen LogP contribution in [0.15, 0.2) is 6.07 Å². The second-order valence-electron chi connectivity index (χ2n) is 4.77. The van der Waals surface area contributed by atoms with Crippen molar-refractivity contribution in [1.29, 1.82) is 0 Å². The Morgan fingerprint density at radius 1 is 1.64 bits per heavy atom. The van der Waals surface area contributed by atoms with E-state index in [9.17, 15) is 23.2 Å². The summed E-state index contributed by atoms with van der Waals surface area (Å²) in [6.07, 6.45) is -0.531. The third-order valence-corrected chi connectivity index (χ3v) is 4.31. The summed E-state index contributed by atoms with van der Waals surface area (Å²) in [4.78, 5) is 34.5. The highest BCUT2D eigenvalue weighted by Crippen LogP contribution is 2.32. The van der Waals surface area contributed by atoms with Crippen molar-refractivity contribution in [2.45, 2.75) is 25.3 Å². The number of aryl methyl sites for hydroxylation is 1. The van der Waals surface area contributed by atoms with Gasteiger partial charge in [-0.15, -0.1) is 11.3 Å². The van der Waals surface area contributed by atoms with Gasteiger partial charge in [0.25, 0.3) is 5.91 Å². The highest BCUT2D eigenvalue weighted by molar-refractivity contribution is 7.14. The molecular weight excluding hydrogens is 316 g/mol. The standard InChI is InChI=1S/C14H11F2NO4S/c1-8-5-10(22-11(8)12(19)20)3-2-4-17-9(7-18)6-14(15,16)13(17)21/h5,7,9H,4,6H2,1H3,(H,19,20)/t9-/m1/s1. The number of amides is 1. The molecule has 1 aromatic heterocycles. The number of hydrogen-bond donors (Lipinski definition) is 1. The van der Waals surface area contributed by atoms with Crippen LogP contribution >= 0.6 is 11.3 Å². The zero-order chi connectivity index (χ0) is 16.5. The van der Waals surface area contributed by atoms with Crippen molar-refractivity contribution >= 4 is 29.5 Å². The summed E-state index contributed by atoms with van der Waals surface area (Å²) in [6.45, 7) is 1.31. The number of aromatic carboxylic acids is 1. The zero-order valence-corrected chi connectivity index (χ0v) is 12.2. The number of likely N-dealkylation sites (tertiary alicyclic amines) is 1. The molecule has 1 saturated heterocycles. The molecule has 2 heterocycles. The first-order valence-electron chi connectivity index (χ1n) is 6.23. The van der Waals surface area contributed by atoms with Gasteiger partial charge in [0.15, 0.2) is 0 Å². The molecule has 1 N–H and O–H groups in total. The molecule has 0 bridgehead atoms. The number of hydrogen-bond acceptors (Lipinski definition) is 4. The Balaban J connectivity index is 2.13. The second-order valence-corrected chi connectivity index (χ2v) is 5.83. The molecule has 0 saturated carbocycles. The van der Waals surface area contributed by atoms with Crippen LogP contribution in [0.4, 0.5) is 8.78 Å². The minimum absolute atomic E-state index is 0.152. The fourth-order valence-corrected chi connectivity index (χ4v) is 2.99. The Kier molecular flexibility index (Phi) is 4.28. The average molecular weight is 327 g/mol. The smallest absolute Gasteiger partial charge is 0.346 e. The van der Waals surface area contributed by atoms with E-state index in [0.717, 1.165) is 16.2 Å². The normalized spacial score (nSPS) is 19.7. The summed E-state index contributed by atoms with van der Waals surface area (Å²) in [6, 6.07) is 0.384. The Labute approximate surface area is 128 Å². The van der Waals surface area contributed by atoms with Crippen LogP contribution in [0, 0.1) is 18.8 Å². The van der Waals surface area contributed by atoms with Gasteiger partial charge < -0.3 is 14.8 Å². The predicted octanol–water partition coefficient (Wildman–Crippen LogP) is 1.54. The van der Waals surface area contributed by atoms with E-state index in [1.54, 1.807) is 13.0 Å². The van der Waals surface area contributed by atoms with E-state index < -0.39 is 30.3 Å². The first kappa shape index (κ1) is 16.1. The van der Waals surface area contributed by atoms with Gasteiger partial charge in [0.2, 0.25) is 0 Å². The fourth-order valence-electron chi connectivity index (χ4n) is 2.10. The SMILES string of the molecule is Cc1cc(C#CCN2C(=O)C(F)(F)C[C@@H]2C=O)sc1C(=O)O. The van der Waals surface area contributed by atoms with Crippen LogP contribution in [0.2, 0.25) is 0 Å². The number of carboxylic acids is 1. The molecular formula is C14H11F2NO4S. The van der Waals surface area contributed by atoms with E-state index in [0.29, 0.717) is 16.7 Å². The summed E-state index contributed by atoms with van der Waals surface area (Å²) >= 11 is 0.963. The fraction of sp³-hybridized carbons (Fsp3) is 0.357. The van der Waals surface area contributed by atoms with Crippen LogP contribution in [-0.2, 0) is 9.59 Å². The Bertz CT molecular complexity index is 701. The lowest BCUT2D eigenvalue weighted by Crippen LogP contribution is -2.37. The number of rotatable bonds is 3. The minimum Gasteiger partial charge on any atom is -0.477 e. The monoisotopic (exact) mass is 327 g/mol. The van der Waals surface area contributed by atoms with E-state index >= 15 is 0 Å². The molecule has 22 heavy (non-hydrogen) atoms. The summed E-state index contributed by atoms with van der Waals surface area (Å²) in [7, 11) is 0. The molecule has 1 fully saturated rings. The molecule has 0 spiro atoms. The van der Waals surface area contributed by atoms with Gasteiger partial charge in [-0.3, -0.25) is 4.79 Å². The molecule has 0 radical (unpaired) electrons. The Morgan fingerprint density at radius 2 is 2.32 bits per heavy atom. The predicted molar refractivity (Wildman–Crippen MR) is 74.0 cm³/mol. The average Bonchev–Trinajstić information content (AvgIpc) is 2.91. The van der Waals surface area contributed by atoms with Gasteiger partial charge >= 0.3 is 11.9 Å². The third-order valence-electron chi connectivity index (χ3n) is 3.17. The molecule has 1 atom stereocenters. The maximum absolute atomic E-state index is 13.3. The second kappa shape index (κ2) is 5.85. The van der Waals surface area contributed by atoms with E-state index in [-0.39, 0.29) is 11.4 Å². The molecule has 1 aliphatic rings. The number of carbonyl (C=O) groups excluding carboxylic acids is 2. The molecule has 0 unspecified atom stereocenters. The number of carbonyl (C=O) groups is 3. The lowest BCUT2D eigenvalue weighted by molar-refractivity contribution is -0.147. The maximum atomic E-state index is 13.3. The van der Waals surface area contributed by atoms with Crippen molar-refractivity contribution < 1.29 is 28.3 Å². The number of thiophene rings is 1. The van der Waals surface area contributed by atoms with Crippen molar-refractivity contribution in [3.8, 4) is 11.8 Å². The van der Waals surface area contributed by atoms with Gasteiger partial charge in [-0.2, -0.15) is 8.78 Å². The topological polar surface area (TPSA) is 74.7 Å². The van der Waals surface area contributed by atoms with Gasteiger partial charge in [-0.05, 0) is 18.6 Å². The third kappa shape index (κ3) is 2.99. The summed E-state index contributed by atoms with van der Waals surface area (Å²) in [5.74, 6) is -0.846. The van der Waals surface area contributed by atoms with Crippen LogP contribution in [0.25, 0.3) is 0 Å². The summed E-state index contributed by atoms with van der Waals surface area (Å²) < 4.78 is 26.5. The van der Waals surface area contributed by atoms with Crippen molar-refractivity contribution in [2.24, 2.45) is 0 Å². The largest absolute Gasteiger partial charge is 0.477 e. The highest BCUT2D eigenvalue weighted by atomic mass is 32.1. The number of alkyl halides is 2. The maximum Gasteiger partial charge on any atom is 0.346 e. The van der Waals surface area contributed by atoms with Crippen molar-refractivity contribution in [2.75, 3.05) is 6.54 Å². The van der Waals surface area contributed by atoms with Crippen LogP contribution in [0.1, 0.15) is 26.5 Å².